The number of hydrazone groups is 1. The fourth-order valence-corrected chi connectivity index (χ4v) is 7.25. The Morgan fingerprint density at radius 3 is 2.48 bits per heavy atom. The van der Waals surface area contributed by atoms with Gasteiger partial charge in [0.15, 0.2) is 0 Å². The minimum atomic E-state index is 0.0666. The number of nitrogens with zero attached hydrogens (tertiary/aromatic N) is 3. The summed E-state index contributed by atoms with van der Waals surface area (Å²) in [5.41, 5.74) is 4.60. The SMILES string of the molecule is C/C(=N/Nc1nc(SCC(=O)NC2CCCC2)n[nH]1)C12CC3CC(CC(C3)C1)C2. The molecule has 8 heteroatoms. The summed E-state index contributed by atoms with van der Waals surface area (Å²) >= 11 is 1.36. The molecule has 0 aromatic carbocycles. The first-order chi connectivity index (χ1) is 14.1. The first kappa shape index (κ1) is 19.4. The minimum absolute atomic E-state index is 0.0666. The first-order valence-corrected chi connectivity index (χ1v) is 12.2. The van der Waals surface area contributed by atoms with Crippen LogP contribution < -0.4 is 10.7 Å². The molecule has 6 rings (SSSR count). The number of nitrogens with one attached hydrogen (secondary N) is 3. The zero-order valence-electron chi connectivity index (χ0n) is 17.2. The largest absolute Gasteiger partial charge is 0.353 e. The van der Waals surface area contributed by atoms with Crippen LogP contribution in [0.25, 0.3) is 0 Å². The lowest BCUT2D eigenvalue weighted by atomic mass is 9.48. The molecule has 0 aliphatic heterocycles. The van der Waals surface area contributed by atoms with E-state index in [0.29, 0.717) is 28.3 Å². The fourth-order valence-electron chi connectivity index (χ4n) is 6.64. The molecule has 1 amide bonds. The number of rotatable bonds is 7. The number of anilines is 1. The Hall–Kier alpha value is -1.57. The quantitative estimate of drug-likeness (QED) is 0.355. The lowest BCUT2D eigenvalue weighted by Crippen LogP contribution is -2.49. The maximum absolute atomic E-state index is 12.1. The van der Waals surface area contributed by atoms with Gasteiger partial charge >= 0.3 is 0 Å². The topological polar surface area (TPSA) is 95.1 Å². The average molecular weight is 417 g/mol. The highest BCUT2D eigenvalue weighted by atomic mass is 32.2. The summed E-state index contributed by atoms with van der Waals surface area (Å²) < 4.78 is 0. The van der Waals surface area contributed by atoms with Gasteiger partial charge in [-0.2, -0.15) is 10.1 Å². The van der Waals surface area contributed by atoms with Gasteiger partial charge in [-0.25, -0.2) is 10.5 Å². The second-order valence-corrected chi connectivity index (χ2v) is 10.8. The van der Waals surface area contributed by atoms with Gasteiger partial charge in [-0.15, -0.1) is 5.10 Å². The van der Waals surface area contributed by atoms with Crippen LogP contribution in [0.3, 0.4) is 0 Å². The van der Waals surface area contributed by atoms with E-state index in [1.54, 1.807) is 0 Å². The Kier molecular flexibility index (Phi) is 5.30. The highest BCUT2D eigenvalue weighted by Crippen LogP contribution is 2.60. The highest BCUT2D eigenvalue weighted by Gasteiger charge is 2.52. The van der Waals surface area contributed by atoms with E-state index >= 15 is 0 Å². The van der Waals surface area contributed by atoms with E-state index in [9.17, 15) is 4.79 Å². The molecular formula is C21H32N6OS. The van der Waals surface area contributed by atoms with Crippen molar-refractivity contribution >= 4 is 29.3 Å². The molecule has 5 aliphatic carbocycles. The summed E-state index contributed by atoms with van der Waals surface area (Å²) in [6.45, 7) is 2.18. The van der Waals surface area contributed by atoms with Gasteiger partial charge in [0.2, 0.25) is 17.0 Å². The number of carbonyl (C=O) groups is 1. The zero-order valence-corrected chi connectivity index (χ0v) is 18.1. The van der Waals surface area contributed by atoms with Gasteiger partial charge in [0.25, 0.3) is 0 Å². The zero-order chi connectivity index (χ0) is 19.8. The lowest BCUT2D eigenvalue weighted by Gasteiger charge is -2.56. The van der Waals surface area contributed by atoms with E-state index < -0.39 is 0 Å². The molecule has 1 aromatic heterocycles. The molecule has 1 aromatic rings. The van der Waals surface area contributed by atoms with Crippen molar-refractivity contribution in [2.24, 2.45) is 28.3 Å². The summed E-state index contributed by atoms with van der Waals surface area (Å²) in [7, 11) is 0. The van der Waals surface area contributed by atoms with Crippen molar-refractivity contribution in [2.75, 3.05) is 11.2 Å². The van der Waals surface area contributed by atoms with Crippen molar-refractivity contribution in [3.05, 3.63) is 0 Å². The van der Waals surface area contributed by atoms with Crippen LogP contribution in [-0.4, -0.2) is 38.6 Å². The van der Waals surface area contributed by atoms with Crippen molar-refractivity contribution in [2.45, 2.75) is 82.3 Å². The van der Waals surface area contributed by atoms with Crippen molar-refractivity contribution < 1.29 is 4.79 Å². The molecule has 1 heterocycles. The van der Waals surface area contributed by atoms with Crippen molar-refractivity contribution in [1.82, 2.24) is 20.5 Å². The summed E-state index contributed by atoms with van der Waals surface area (Å²) in [4.78, 5) is 16.5. The number of amides is 1. The molecule has 5 fully saturated rings. The summed E-state index contributed by atoms with van der Waals surface area (Å²) in [5, 5.41) is 15.5. The monoisotopic (exact) mass is 416 g/mol. The average Bonchev–Trinajstić information content (AvgIpc) is 3.35. The van der Waals surface area contributed by atoms with Crippen LogP contribution in [0.1, 0.15) is 71.1 Å². The first-order valence-electron chi connectivity index (χ1n) is 11.2. The van der Waals surface area contributed by atoms with Gasteiger partial charge in [0.1, 0.15) is 0 Å². The highest BCUT2D eigenvalue weighted by molar-refractivity contribution is 7.99. The molecule has 0 spiro atoms. The van der Waals surface area contributed by atoms with E-state index in [1.165, 1.54) is 68.8 Å². The van der Waals surface area contributed by atoms with E-state index in [2.05, 4.69) is 32.8 Å². The van der Waals surface area contributed by atoms with Gasteiger partial charge in [0, 0.05) is 17.2 Å². The Balaban J connectivity index is 1.14. The molecule has 0 atom stereocenters. The molecule has 5 aliphatic rings. The number of hydrogen-bond donors (Lipinski definition) is 3. The molecule has 0 radical (unpaired) electrons. The predicted octanol–water partition coefficient (Wildman–Crippen LogP) is 3.96. The number of aromatic nitrogens is 3. The normalized spacial score (nSPS) is 34.0. The third-order valence-electron chi connectivity index (χ3n) is 7.65. The second-order valence-electron chi connectivity index (χ2n) is 9.81. The smallest absolute Gasteiger partial charge is 0.240 e. The van der Waals surface area contributed by atoms with Crippen LogP contribution in [0.15, 0.2) is 10.3 Å². The standard InChI is InChI=1S/C21H32N6OS/c1-13(21-9-14-6-15(10-21)8-16(7-14)11-21)24-25-19-23-20(27-26-19)29-12-18(28)22-17-4-2-3-5-17/h14-17H,2-12H2,1H3,(H,22,28)(H2,23,25,26,27)/b24-13-. The van der Waals surface area contributed by atoms with Gasteiger partial charge < -0.3 is 5.32 Å². The summed E-state index contributed by atoms with van der Waals surface area (Å²) in [6.07, 6.45) is 12.9. The number of carbonyl (C=O) groups excluding carboxylic acids is 1. The van der Waals surface area contributed by atoms with E-state index in [4.69, 9.17) is 5.10 Å². The molecule has 3 N–H and O–H groups in total. The van der Waals surface area contributed by atoms with E-state index in [0.717, 1.165) is 30.6 Å². The number of thioether (sulfide) groups is 1. The van der Waals surface area contributed by atoms with Gasteiger partial charge in [0.05, 0.1) is 5.75 Å². The van der Waals surface area contributed by atoms with Crippen molar-refractivity contribution in [1.29, 1.82) is 0 Å². The van der Waals surface area contributed by atoms with Crippen LogP contribution >= 0.6 is 11.8 Å². The third-order valence-corrected chi connectivity index (χ3v) is 8.50. The number of aromatic amines is 1. The summed E-state index contributed by atoms with van der Waals surface area (Å²) in [6, 6.07) is 0.356. The number of H-pyrrole nitrogens is 1. The fraction of sp³-hybridized carbons (Fsp3) is 0.810. The third kappa shape index (κ3) is 4.18. The van der Waals surface area contributed by atoms with Gasteiger partial charge in [-0.1, -0.05) is 24.6 Å². The molecule has 5 saturated carbocycles. The Morgan fingerprint density at radius 2 is 1.83 bits per heavy atom. The summed E-state index contributed by atoms with van der Waals surface area (Å²) in [5.74, 6) is 3.70. The second kappa shape index (κ2) is 7.93. The predicted molar refractivity (Wildman–Crippen MR) is 115 cm³/mol. The maximum Gasteiger partial charge on any atom is 0.240 e. The van der Waals surface area contributed by atoms with Crippen LogP contribution in [-0.2, 0) is 4.79 Å². The maximum atomic E-state index is 12.1. The molecule has 0 unspecified atom stereocenters. The minimum Gasteiger partial charge on any atom is -0.353 e. The van der Waals surface area contributed by atoms with E-state index in [-0.39, 0.29) is 5.91 Å². The molecule has 7 nitrogen and oxygen atoms in total. The Labute approximate surface area is 176 Å². The van der Waals surface area contributed by atoms with E-state index in [1.807, 2.05) is 0 Å². The van der Waals surface area contributed by atoms with Crippen molar-refractivity contribution in [3.8, 4) is 0 Å². The molecule has 4 bridgehead atoms. The Bertz CT molecular complexity index is 749. The molecule has 29 heavy (non-hydrogen) atoms. The van der Waals surface area contributed by atoms with Crippen LogP contribution in [0.4, 0.5) is 5.95 Å². The van der Waals surface area contributed by atoms with Crippen molar-refractivity contribution in [3.63, 3.8) is 0 Å². The lowest BCUT2D eigenvalue weighted by molar-refractivity contribution is -0.119. The molecule has 158 valence electrons. The van der Waals surface area contributed by atoms with Crippen LogP contribution in [0.2, 0.25) is 0 Å². The van der Waals surface area contributed by atoms with Crippen LogP contribution in [0, 0.1) is 23.2 Å². The molecular weight excluding hydrogens is 384 g/mol. The number of hydrogen-bond acceptors (Lipinski definition) is 6. The van der Waals surface area contributed by atoms with Gasteiger partial charge in [-0.3, -0.25) is 4.79 Å². The van der Waals surface area contributed by atoms with Gasteiger partial charge in [-0.05, 0) is 76.0 Å². The van der Waals surface area contributed by atoms with Crippen LogP contribution in [0.5, 0.6) is 0 Å². The Morgan fingerprint density at radius 1 is 1.17 bits per heavy atom. The molecule has 0 saturated heterocycles.